The molecule has 0 spiro atoms. The maximum atomic E-state index is 4.43. The molecule has 6 nitrogen and oxygen atoms in total. The van der Waals surface area contributed by atoms with Gasteiger partial charge in [-0.1, -0.05) is 54.6 Å². The van der Waals surface area contributed by atoms with E-state index in [2.05, 4.69) is 80.2 Å². The van der Waals surface area contributed by atoms with Gasteiger partial charge in [0.05, 0.1) is 6.54 Å². The van der Waals surface area contributed by atoms with E-state index >= 15 is 0 Å². The van der Waals surface area contributed by atoms with E-state index in [4.69, 9.17) is 0 Å². The lowest BCUT2D eigenvalue weighted by molar-refractivity contribution is 0.198. The third-order valence-electron chi connectivity index (χ3n) is 5.76. The van der Waals surface area contributed by atoms with Crippen LogP contribution in [0.5, 0.6) is 0 Å². The third-order valence-corrected chi connectivity index (χ3v) is 5.76. The zero-order valence-electron chi connectivity index (χ0n) is 18.7. The van der Waals surface area contributed by atoms with Crippen LogP contribution in [0.4, 0.5) is 0 Å². The summed E-state index contributed by atoms with van der Waals surface area (Å²) in [4.78, 5) is 6.97. The molecule has 2 heterocycles. The fourth-order valence-electron chi connectivity index (χ4n) is 4.07. The summed E-state index contributed by atoms with van der Waals surface area (Å²) < 4.78 is 1.94. The van der Waals surface area contributed by atoms with Crippen molar-refractivity contribution in [2.45, 2.75) is 38.5 Å². The van der Waals surface area contributed by atoms with E-state index in [0.29, 0.717) is 6.04 Å². The Hall–Kier alpha value is -2.39. The van der Waals surface area contributed by atoms with Crippen molar-refractivity contribution in [1.29, 1.82) is 0 Å². The van der Waals surface area contributed by atoms with Crippen LogP contribution in [0.2, 0.25) is 0 Å². The summed E-state index contributed by atoms with van der Waals surface area (Å²) in [6, 6.07) is 21.8. The normalized spacial score (nSPS) is 15.2. The number of likely N-dealkylation sites (tertiary alicyclic amines) is 1. The lowest BCUT2D eigenvalue weighted by atomic mass is 10.0. The fourth-order valence-corrected chi connectivity index (χ4v) is 4.07. The quantitative estimate of drug-likeness (QED) is 0.270. The average Bonchev–Trinajstić information content (AvgIpc) is 3.32. The van der Waals surface area contributed by atoms with Crippen molar-refractivity contribution in [2.24, 2.45) is 4.99 Å². The van der Waals surface area contributed by atoms with Crippen LogP contribution in [0.25, 0.3) is 0 Å². The van der Waals surface area contributed by atoms with Crippen molar-refractivity contribution in [3.8, 4) is 0 Å². The number of benzene rings is 2. The first kappa shape index (κ1) is 24.3. The van der Waals surface area contributed by atoms with Gasteiger partial charge in [-0.15, -0.1) is 24.0 Å². The van der Waals surface area contributed by atoms with Gasteiger partial charge in [0, 0.05) is 51.7 Å². The molecule has 2 aromatic carbocycles. The Morgan fingerprint density at radius 2 is 1.72 bits per heavy atom. The maximum Gasteiger partial charge on any atom is 0.191 e. The monoisotopic (exact) mass is 544 g/mol. The van der Waals surface area contributed by atoms with Crippen molar-refractivity contribution in [3.63, 3.8) is 0 Å². The van der Waals surface area contributed by atoms with E-state index in [-0.39, 0.29) is 24.0 Å². The van der Waals surface area contributed by atoms with Crippen LogP contribution in [-0.4, -0.2) is 46.8 Å². The first-order valence-corrected chi connectivity index (χ1v) is 11.1. The number of rotatable bonds is 7. The van der Waals surface area contributed by atoms with Gasteiger partial charge in [0.2, 0.25) is 0 Å². The van der Waals surface area contributed by atoms with E-state index in [1.165, 1.54) is 16.7 Å². The number of hydrogen-bond donors (Lipinski definition) is 2. The number of piperidine rings is 1. The highest BCUT2D eigenvalue weighted by Crippen LogP contribution is 2.14. The second-order valence-electron chi connectivity index (χ2n) is 8.13. The van der Waals surface area contributed by atoms with Crippen molar-refractivity contribution in [1.82, 2.24) is 25.3 Å². The minimum Gasteiger partial charge on any atom is -0.354 e. The average molecular weight is 544 g/mol. The highest BCUT2D eigenvalue weighted by atomic mass is 127. The standard InChI is InChI=1S/C25H32N6.HI/c1-26-25(27-18-22-9-5-10-23(17-22)20-31-14-6-13-28-31)29-24-11-15-30(16-12-24)19-21-7-3-2-4-8-21;/h2-10,13-14,17,24H,11-12,15-16,18-20H2,1H3,(H2,26,27,29);1H. The molecular weight excluding hydrogens is 511 g/mol. The Kier molecular flexibility index (Phi) is 9.55. The summed E-state index contributed by atoms with van der Waals surface area (Å²) in [7, 11) is 1.84. The van der Waals surface area contributed by atoms with Gasteiger partial charge in [0.25, 0.3) is 0 Å². The van der Waals surface area contributed by atoms with Crippen molar-refractivity contribution in [3.05, 3.63) is 89.7 Å². The Morgan fingerprint density at radius 3 is 2.44 bits per heavy atom. The van der Waals surface area contributed by atoms with Crippen LogP contribution in [0, 0.1) is 0 Å². The molecule has 1 fully saturated rings. The molecule has 0 amide bonds. The first-order chi connectivity index (χ1) is 15.3. The van der Waals surface area contributed by atoms with E-state index in [1.54, 1.807) is 0 Å². The highest BCUT2D eigenvalue weighted by Gasteiger charge is 2.20. The molecule has 3 aromatic rings. The Bertz CT molecular complexity index is 950. The van der Waals surface area contributed by atoms with E-state index < -0.39 is 0 Å². The summed E-state index contributed by atoms with van der Waals surface area (Å²) in [6.45, 7) is 4.79. The second kappa shape index (κ2) is 12.6. The SMILES string of the molecule is CN=C(NCc1cccc(Cn2cccn2)c1)NC1CCN(Cc2ccccc2)CC1.I. The lowest BCUT2D eigenvalue weighted by Crippen LogP contribution is -2.48. The number of nitrogens with zero attached hydrogens (tertiary/aromatic N) is 4. The van der Waals surface area contributed by atoms with Gasteiger partial charge in [-0.05, 0) is 35.6 Å². The van der Waals surface area contributed by atoms with Crippen LogP contribution in [0.1, 0.15) is 29.5 Å². The van der Waals surface area contributed by atoms with Crippen molar-refractivity contribution in [2.75, 3.05) is 20.1 Å². The molecule has 0 aliphatic carbocycles. The fraction of sp³-hybridized carbons (Fsp3) is 0.360. The molecule has 1 aliphatic heterocycles. The molecule has 32 heavy (non-hydrogen) atoms. The highest BCUT2D eigenvalue weighted by molar-refractivity contribution is 14.0. The van der Waals surface area contributed by atoms with Crippen LogP contribution in [0.15, 0.2) is 78.0 Å². The van der Waals surface area contributed by atoms with Crippen LogP contribution in [0.3, 0.4) is 0 Å². The number of halogens is 1. The minimum atomic E-state index is 0. The molecule has 4 rings (SSSR count). The first-order valence-electron chi connectivity index (χ1n) is 11.1. The van der Waals surface area contributed by atoms with E-state index in [1.807, 2.05) is 30.2 Å². The molecule has 7 heteroatoms. The zero-order valence-corrected chi connectivity index (χ0v) is 21.0. The predicted molar refractivity (Wildman–Crippen MR) is 141 cm³/mol. The van der Waals surface area contributed by atoms with Crippen LogP contribution >= 0.6 is 24.0 Å². The Labute approximate surface area is 208 Å². The molecular formula is C25H33IN6. The molecule has 1 aliphatic rings. The predicted octanol–water partition coefficient (Wildman–Crippen LogP) is 3.88. The van der Waals surface area contributed by atoms with Gasteiger partial charge in [0.1, 0.15) is 0 Å². The summed E-state index contributed by atoms with van der Waals surface area (Å²) in [5.74, 6) is 0.874. The van der Waals surface area contributed by atoms with Crippen LogP contribution in [-0.2, 0) is 19.6 Å². The summed E-state index contributed by atoms with van der Waals surface area (Å²) in [5.41, 5.74) is 3.88. The van der Waals surface area contributed by atoms with Gasteiger partial charge < -0.3 is 10.6 Å². The maximum absolute atomic E-state index is 4.43. The van der Waals surface area contributed by atoms with Gasteiger partial charge in [-0.25, -0.2) is 0 Å². The molecule has 2 N–H and O–H groups in total. The van der Waals surface area contributed by atoms with Crippen molar-refractivity contribution < 1.29 is 0 Å². The summed E-state index contributed by atoms with van der Waals surface area (Å²) in [6.07, 6.45) is 6.06. The molecule has 0 atom stereocenters. The Morgan fingerprint density at radius 1 is 0.969 bits per heavy atom. The number of nitrogens with one attached hydrogen (secondary N) is 2. The number of aliphatic imine (C=N–C) groups is 1. The van der Waals surface area contributed by atoms with Crippen LogP contribution < -0.4 is 10.6 Å². The minimum absolute atomic E-state index is 0. The van der Waals surface area contributed by atoms with Gasteiger partial charge in [-0.2, -0.15) is 5.10 Å². The zero-order chi connectivity index (χ0) is 21.3. The lowest BCUT2D eigenvalue weighted by Gasteiger charge is -2.33. The Balaban J connectivity index is 0.00000289. The van der Waals surface area contributed by atoms with E-state index in [9.17, 15) is 0 Å². The molecule has 170 valence electrons. The van der Waals surface area contributed by atoms with E-state index in [0.717, 1.165) is 51.5 Å². The second-order valence-corrected chi connectivity index (χ2v) is 8.13. The summed E-state index contributed by atoms with van der Waals surface area (Å²) >= 11 is 0. The number of guanidine groups is 1. The third kappa shape index (κ3) is 7.34. The molecule has 1 saturated heterocycles. The molecule has 0 unspecified atom stereocenters. The molecule has 0 radical (unpaired) electrons. The smallest absolute Gasteiger partial charge is 0.191 e. The molecule has 0 saturated carbocycles. The number of aromatic nitrogens is 2. The molecule has 0 bridgehead atoms. The number of hydrogen-bond acceptors (Lipinski definition) is 3. The largest absolute Gasteiger partial charge is 0.354 e. The van der Waals surface area contributed by atoms with Gasteiger partial charge >= 0.3 is 0 Å². The topological polar surface area (TPSA) is 57.5 Å². The van der Waals surface area contributed by atoms with Gasteiger partial charge in [0.15, 0.2) is 5.96 Å². The van der Waals surface area contributed by atoms with Gasteiger partial charge in [-0.3, -0.25) is 14.6 Å². The molecule has 1 aromatic heterocycles. The summed E-state index contributed by atoms with van der Waals surface area (Å²) in [5, 5.41) is 11.4. The van der Waals surface area contributed by atoms with Crippen molar-refractivity contribution >= 4 is 29.9 Å².